The number of piperazine rings is 3. The van der Waals surface area contributed by atoms with Crippen molar-refractivity contribution in [2.24, 2.45) is 24.3 Å². The molecule has 1 aromatic carbocycles. The molecule has 0 aliphatic carbocycles. The first-order chi connectivity index (χ1) is 13.5. The number of aryl methyl sites for hydroxylation is 2. The fraction of sp³-hybridized carbons (Fsp3) is 0.571. The van der Waals surface area contributed by atoms with Crippen molar-refractivity contribution in [1.82, 2.24) is 9.47 Å². The number of hydrogen-bond acceptors (Lipinski definition) is 4. The molecule has 3 fully saturated rings. The van der Waals surface area contributed by atoms with Crippen LogP contribution in [0.25, 0.3) is 0 Å². The van der Waals surface area contributed by atoms with Crippen LogP contribution >= 0.6 is 0 Å². The van der Waals surface area contributed by atoms with E-state index >= 15 is 0 Å². The molecule has 3 saturated heterocycles. The Morgan fingerprint density at radius 2 is 1.75 bits per heavy atom. The first-order valence-electron chi connectivity index (χ1n) is 10.4. The summed E-state index contributed by atoms with van der Waals surface area (Å²) in [6, 6.07) is 8.38. The lowest BCUT2D eigenvalue weighted by atomic mass is 10.1. The lowest BCUT2D eigenvalue weighted by Gasteiger charge is -2.50. The Morgan fingerprint density at radius 3 is 2.36 bits per heavy atom. The minimum Gasteiger partial charge on any atom is -0.374 e. The molecule has 7 heteroatoms. The summed E-state index contributed by atoms with van der Waals surface area (Å²) < 4.78 is 5.26. The molecule has 0 atom stereocenters. The number of quaternary nitrogens is 1. The van der Waals surface area contributed by atoms with E-state index < -0.39 is 0 Å². The number of azo groups is 1. The van der Waals surface area contributed by atoms with E-state index in [1.54, 1.807) is 0 Å². The lowest BCUT2D eigenvalue weighted by molar-refractivity contribution is -0.941. The maximum Gasteiger partial charge on any atom is 0.421 e. The Bertz CT molecular complexity index is 783. The van der Waals surface area contributed by atoms with E-state index in [-0.39, 0.29) is 0 Å². The smallest absolute Gasteiger partial charge is 0.374 e. The molecule has 2 aromatic rings. The van der Waals surface area contributed by atoms with Gasteiger partial charge in [-0.3, -0.25) is 4.90 Å². The van der Waals surface area contributed by atoms with E-state index in [0.29, 0.717) is 0 Å². The van der Waals surface area contributed by atoms with Crippen molar-refractivity contribution in [1.29, 1.82) is 0 Å². The minimum atomic E-state index is 0.826. The van der Waals surface area contributed by atoms with Gasteiger partial charge in [-0.25, -0.2) is 9.13 Å². The predicted octanol–water partition coefficient (Wildman–Crippen LogP) is 2.24. The molecule has 1 aromatic heterocycles. The molecule has 3 aliphatic rings. The topological polar surface area (TPSA) is 40.0 Å². The van der Waals surface area contributed by atoms with E-state index in [4.69, 9.17) is 0 Å². The van der Waals surface area contributed by atoms with Gasteiger partial charge in [0.05, 0.1) is 52.7 Å². The van der Waals surface area contributed by atoms with Gasteiger partial charge in [0.25, 0.3) is 0 Å². The van der Waals surface area contributed by atoms with E-state index in [1.807, 2.05) is 47.8 Å². The maximum atomic E-state index is 4.38. The summed E-state index contributed by atoms with van der Waals surface area (Å²) in [6.45, 7) is 10.4. The van der Waals surface area contributed by atoms with Gasteiger partial charge in [0, 0.05) is 50.4 Å². The van der Waals surface area contributed by atoms with Crippen LogP contribution in [0.15, 0.2) is 46.9 Å². The number of rotatable bonds is 7. The van der Waals surface area contributed by atoms with E-state index in [2.05, 4.69) is 39.2 Å². The molecule has 7 nitrogen and oxygen atoms in total. The number of anilines is 1. The second kappa shape index (κ2) is 8.01. The number of aromatic nitrogens is 2. The Labute approximate surface area is 168 Å². The minimum absolute atomic E-state index is 0.826. The van der Waals surface area contributed by atoms with Gasteiger partial charge in [-0.2, -0.15) is 0 Å². The summed E-state index contributed by atoms with van der Waals surface area (Å²) in [7, 11) is 6.14. The van der Waals surface area contributed by atoms with Crippen molar-refractivity contribution in [3.8, 4) is 0 Å². The van der Waals surface area contributed by atoms with Gasteiger partial charge in [0.15, 0.2) is 0 Å². The average molecular weight is 384 g/mol. The summed E-state index contributed by atoms with van der Waals surface area (Å²) in [5.41, 5.74) is 2.12. The summed E-state index contributed by atoms with van der Waals surface area (Å²) in [4.78, 5) is 4.97. The largest absolute Gasteiger partial charge is 0.421 e. The van der Waals surface area contributed by atoms with Gasteiger partial charge < -0.3 is 9.38 Å². The highest BCUT2D eigenvalue weighted by atomic mass is 15.5. The number of hydrogen-bond donors (Lipinski definition) is 0. The molecule has 4 heterocycles. The quantitative estimate of drug-likeness (QED) is 0.418. The highest BCUT2D eigenvalue weighted by molar-refractivity contribution is 5.52. The number of benzene rings is 1. The summed E-state index contributed by atoms with van der Waals surface area (Å²) in [5.74, 6) is 0.826. The molecular formula is C21H33N7+2. The molecule has 0 saturated carbocycles. The van der Waals surface area contributed by atoms with E-state index in [1.165, 1.54) is 62.4 Å². The Morgan fingerprint density at radius 1 is 1.07 bits per heavy atom. The highest BCUT2D eigenvalue weighted by Gasteiger charge is 2.37. The van der Waals surface area contributed by atoms with Gasteiger partial charge >= 0.3 is 5.95 Å². The van der Waals surface area contributed by atoms with Crippen LogP contribution in [0, 0.1) is 0 Å². The van der Waals surface area contributed by atoms with Crippen LogP contribution in [-0.2, 0) is 14.1 Å². The van der Waals surface area contributed by atoms with Gasteiger partial charge in [-0.05, 0) is 24.3 Å². The Kier molecular flexibility index (Phi) is 5.46. The van der Waals surface area contributed by atoms with Crippen molar-refractivity contribution >= 4 is 17.3 Å². The molecule has 0 N–H and O–H groups in total. The predicted molar refractivity (Wildman–Crippen MR) is 111 cm³/mol. The second-order valence-corrected chi connectivity index (χ2v) is 8.39. The molecule has 150 valence electrons. The molecule has 2 bridgehead atoms. The maximum absolute atomic E-state index is 4.38. The van der Waals surface area contributed by atoms with Gasteiger partial charge in [-0.1, -0.05) is 5.11 Å². The lowest BCUT2D eigenvalue weighted by Crippen LogP contribution is -2.67. The number of imidazole rings is 1. The second-order valence-electron chi connectivity index (χ2n) is 8.39. The van der Waals surface area contributed by atoms with Crippen LogP contribution in [0.2, 0.25) is 0 Å². The van der Waals surface area contributed by atoms with Gasteiger partial charge in [0.2, 0.25) is 0 Å². The number of fused-ring (bicyclic) bond motifs is 3. The van der Waals surface area contributed by atoms with Crippen molar-refractivity contribution in [2.45, 2.75) is 6.42 Å². The fourth-order valence-electron chi connectivity index (χ4n) is 4.44. The highest BCUT2D eigenvalue weighted by Crippen LogP contribution is 2.22. The third kappa shape index (κ3) is 4.10. The normalized spacial score (nSPS) is 24.2. The standard InChI is InChI=1S/C21H33N7/c1-24(9-4-15-28-16-12-27(13-17-28)14-18-28)20-7-5-19(6-8-20)22-23-21-25(2)10-11-26(21)3/h5-8,10-11H,4,9,12-18H2,1-3H3/q+2. The zero-order valence-corrected chi connectivity index (χ0v) is 17.5. The van der Waals surface area contributed by atoms with Crippen LogP contribution < -0.4 is 9.47 Å². The van der Waals surface area contributed by atoms with Crippen molar-refractivity contribution < 1.29 is 9.05 Å². The van der Waals surface area contributed by atoms with Crippen LogP contribution in [0.4, 0.5) is 17.3 Å². The van der Waals surface area contributed by atoms with Crippen molar-refractivity contribution in [2.75, 3.05) is 64.3 Å². The first-order valence-corrected chi connectivity index (χ1v) is 10.4. The van der Waals surface area contributed by atoms with Gasteiger partial charge in [-0.15, -0.1) is 0 Å². The summed E-state index contributed by atoms with van der Waals surface area (Å²) >= 11 is 0. The molecule has 0 amide bonds. The zero-order valence-electron chi connectivity index (χ0n) is 17.5. The molecular weight excluding hydrogens is 350 g/mol. The van der Waals surface area contributed by atoms with Crippen LogP contribution in [-0.4, -0.2) is 73.4 Å². The third-order valence-corrected chi connectivity index (χ3v) is 6.49. The fourth-order valence-corrected chi connectivity index (χ4v) is 4.44. The Hall–Kier alpha value is -2.25. The monoisotopic (exact) mass is 383 g/mol. The Balaban J connectivity index is 1.29. The SMILES string of the molecule is CN(CCC[N+]12CCN(CC1)CC2)c1ccc(N=Nc2n(C)cc[n+]2C)cc1. The van der Waals surface area contributed by atoms with Gasteiger partial charge in [0.1, 0.15) is 5.69 Å². The van der Waals surface area contributed by atoms with Crippen LogP contribution in [0.5, 0.6) is 0 Å². The average Bonchev–Trinajstić information content (AvgIpc) is 3.05. The first kappa shape index (κ1) is 19.1. The van der Waals surface area contributed by atoms with E-state index in [9.17, 15) is 0 Å². The summed E-state index contributed by atoms with van der Waals surface area (Å²) in [6.07, 6.45) is 5.20. The molecule has 0 spiro atoms. The zero-order chi connectivity index (χ0) is 19.6. The number of nitrogens with zero attached hydrogens (tertiary/aromatic N) is 7. The molecule has 3 aliphatic heterocycles. The van der Waals surface area contributed by atoms with Crippen LogP contribution in [0.3, 0.4) is 0 Å². The van der Waals surface area contributed by atoms with Crippen molar-refractivity contribution in [3.63, 3.8) is 0 Å². The molecule has 5 rings (SSSR count). The summed E-state index contributed by atoms with van der Waals surface area (Å²) in [5, 5.41) is 8.74. The van der Waals surface area contributed by atoms with E-state index in [0.717, 1.165) is 18.2 Å². The molecule has 28 heavy (non-hydrogen) atoms. The third-order valence-electron chi connectivity index (χ3n) is 6.49. The molecule has 0 unspecified atom stereocenters. The van der Waals surface area contributed by atoms with Crippen molar-refractivity contribution in [3.05, 3.63) is 36.7 Å². The molecule has 0 radical (unpaired) electrons. The van der Waals surface area contributed by atoms with Crippen LogP contribution in [0.1, 0.15) is 6.42 Å².